The Morgan fingerprint density at radius 2 is 1.70 bits per heavy atom. The molecule has 1 N–H and O–H groups in total. The fraction of sp³-hybridized carbons (Fsp3) is 0.409. The highest BCUT2D eigenvalue weighted by Gasteiger charge is 2.27. The number of hydrogen-bond donors (Lipinski definition) is 1. The van der Waals surface area contributed by atoms with Gasteiger partial charge in [-0.15, -0.1) is 0 Å². The van der Waals surface area contributed by atoms with Crippen molar-refractivity contribution >= 4 is 33.2 Å². The molecule has 0 saturated carbocycles. The van der Waals surface area contributed by atoms with Crippen molar-refractivity contribution in [3.8, 4) is 5.75 Å². The summed E-state index contributed by atoms with van der Waals surface area (Å²) in [4.78, 5) is 13.3. The van der Waals surface area contributed by atoms with Crippen molar-refractivity contribution in [2.24, 2.45) is 5.92 Å². The first-order valence-corrected chi connectivity index (χ1v) is 11.7. The molecule has 0 heterocycles. The van der Waals surface area contributed by atoms with E-state index < -0.39 is 15.9 Å². The standard InChI is InChI=1S/C22H29ClN2O4S/c1-6-25(7-2)30(27,28)18-12-13-20(29-5)19(14-18)24-22(26)21(15(3)4)16-8-10-17(23)11-9-16/h8-15,21H,6-7H2,1-5H3,(H,24,26)/t21-/m0/s1. The van der Waals surface area contributed by atoms with Crippen molar-refractivity contribution in [2.75, 3.05) is 25.5 Å². The van der Waals surface area contributed by atoms with Crippen LogP contribution in [0.4, 0.5) is 5.69 Å². The molecule has 0 radical (unpaired) electrons. The Morgan fingerprint density at radius 1 is 1.10 bits per heavy atom. The molecule has 8 heteroatoms. The number of hydrogen-bond acceptors (Lipinski definition) is 4. The monoisotopic (exact) mass is 452 g/mol. The molecule has 1 atom stereocenters. The first-order valence-electron chi connectivity index (χ1n) is 9.90. The molecule has 2 aromatic carbocycles. The summed E-state index contributed by atoms with van der Waals surface area (Å²) >= 11 is 5.98. The van der Waals surface area contributed by atoms with Crippen molar-refractivity contribution in [1.82, 2.24) is 4.31 Å². The lowest BCUT2D eigenvalue weighted by molar-refractivity contribution is -0.118. The van der Waals surface area contributed by atoms with Crippen molar-refractivity contribution < 1.29 is 17.9 Å². The quantitative estimate of drug-likeness (QED) is 0.595. The molecule has 0 aliphatic carbocycles. The summed E-state index contributed by atoms with van der Waals surface area (Å²) in [5.41, 5.74) is 1.15. The molecule has 6 nitrogen and oxygen atoms in total. The van der Waals surface area contributed by atoms with Crippen LogP contribution in [0.2, 0.25) is 5.02 Å². The number of nitrogens with one attached hydrogen (secondary N) is 1. The second-order valence-corrected chi connectivity index (χ2v) is 9.59. The number of nitrogens with zero attached hydrogens (tertiary/aromatic N) is 1. The number of benzene rings is 2. The second kappa shape index (κ2) is 10.3. The van der Waals surface area contributed by atoms with Crippen LogP contribution in [-0.2, 0) is 14.8 Å². The molecule has 0 aromatic heterocycles. The van der Waals surface area contributed by atoms with Gasteiger partial charge in [0, 0.05) is 18.1 Å². The van der Waals surface area contributed by atoms with Crippen LogP contribution in [0.15, 0.2) is 47.4 Å². The van der Waals surface area contributed by atoms with E-state index >= 15 is 0 Å². The fourth-order valence-electron chi connectivity index (χ4n) is 3.38. The Kier molecular flexibility index (Phi) is 8.29. The third-order valence-corrected chi connectivity index (χ3v) is 7.25. The van der Waals surface area contributed by atoms with E-state index in [1.807, 2.05) is 26.0 Å². The topological polar surface area (TPSA) is 75.7 Å². The zero-order valence-electron chi connectivity index (χ0n) is 18.0. The maximum Gasteiger partial charge on any atom is 0.243 e. The van der Waals surface area contributed by atoms with E-state index in [1.54, 1.807) is 32.0 Å². The van der Waals surface area contributed by atoms with E-state index in [4.69, 9.17) is 16.3 Å². The van der Waals surface area contributed by atoms with E-state index in [2.05, 4.69) is 5.32 Å². The molecule has 2 aromatic rings. The lowest BCUT2D eigenvalue weighted by Gasteiger charge is -2.23. The molecule has 0 aliphatic rings. The largest absolute Gasteiger partial charge is 0.495 e. The molecule has 2 rings (SSSR count). The molecule has 164 valence electrons. The van der Waals surface area contributed by atoms with Gasteiger partial charge in [-0.25, -0.2) is 8.42 Å². The average molecular weight is 453 g/mol. The number of carbonyl (C=O) groups excluding carboxylic acids is 1. The summed E-state index contributed by atoms with van der Waals surface area (Å²) in [5.74, 6) is -0.279. The van der Waals surface area contributed by atoms with Crippen molar-refractivity contribution in [3.63, 3.8) is 0 Å². The lowest BCUT2D eigenvalue weighted by atomic mass is 9.87. The number of ether oxygens (including phenoxy) is 1. The van der Waals surface area contributed by atoms with E-state index in [9.17, 15) is 13.2 Å². The summed E-state index contributed by atoms with van der Waals surface area (Å²) in [7, 11) is -2.19. The molecule has 0 aliphatic heterocycles. The maximum absolute atomic E-state index is 13.2. The summed E-state index contributed by atoms with van der Waals surface area (Å²) in [6.07, 6.45) is 0. The maximum atomic E-state index is 13.2. The average Bonchev–Trinajstić information content (AvgIpc) is 2.70. The minimum atomic E-state index is -3.67. The summed E-state index contributed by atoms with van der Waals surface area (Å²) in [6, 6.07) is 11.6. The third-order valence-electron chi connectivity index (χ3n) is 4.95. The smallest absolute Gasteiger partial charge is 0.243 e. The summed E-state index contributed by atoms with van der Waals surface area (Å²) in [6.45, 7) is 8.20. The number of anilines is 1. The van der Waals surface area contributed by atoms with Crippen molar-refractivity contribution in [2.45, 2.75) is 38.5 Å². The second-order valence-electron chi connectivity index (χ2n) is 7.21. The van der Waals surface area contributed by atoms with E-state index in [0.717, 1.165) is 5.56 Å². The molecule has 0 spiro atoms. The highest BCUT2D eigenvalue weighted by Crippen LogP contribution is 2.32. The van der Waals surface area contributed by atoms with Crippen LogP contribution >= 0.6 is 11.6 Å². The van der Waals surface area contributed by atoms with Gasteiger partial charge in [0.05, 0.1) is 23.6 Å². The zero-order valence-corrected chi connectivity index (χ0v) is 19.5. The minimum absolute atomic E-state index is 0.0137. The van der Waals surface area contributed by atoms with Crippen LogP contribution in [0.25, 0.3) is 0 Å². The molecular formula is C22H29ClN2O4S. The predicted molar refractivity (Wildman–Crippen MR) is 121 cm³/mol. The number of halogens is 1. The molecule has 0 unspecified atom stereocenters. The Morgan fingerprint density at radius 3 is 2.20 bits per heavy atom. The van der Waals surface area contributed by atoms with E-state index in [0.29, 0.717) is 29.5 Å². The summed E-state index contributed by atoms with van der Waals surface area (Å²) in [5, 5.41) is 3.46. The van der Waals surface area contributed by atoms with Gasteiger partial charge in [-0.1, -0.05) is 51.4 Å². The number of amides is 1. The summed E-state index contributed by atoms with van der Waals surface area (Å²) < 4.78 is 32.5. The van der Waals surface area contributed by atoms with Gasteiger partial charge < -0.3 is 10.1 Å². The predicted octanol–water partition coefficient (Wildman–Crippen LogP) is 4.76. The Bertz CT molecular complexity index is 971. The highest BCUT2D eigenvalue weighted by atomic mass is 35.5. The van der Waals surface area contributed by atoms with Crippen LogP contribution in [0.5, 0.6) is 5.75 Å². The molecule has 30 heavy (non-hydrogen) atoms. The zero-order chi connectivity index (χ0) is 22.5. The fourth-order valence-corrected chi connectivity index (χ4v) is 4.99. The van der Waals surface area contributed by atoms with E-state index in [1.165, 1.54) is 23.5 Å². The van der Waals surface area contributed by atoms with Gasteiger partial charge in [-0.05, 0) is 41.8 Å². The van der Waals surface area contributed by atoms with Crippen molar-refractivity contribution in [3.05, 3.63) is 53.1 Å². The number of rotatable bonds is 9. The van der Waals surface area contributed by atoms with Crippen LogP contribution in [0.3, 0.4) is 0 Å². The Balaban J connectivity index is 2.42. The molecule has 0 saturated heterocycles. The van der Waals surface area contributed by atoms with Gasteiger partial charge in [0.1, 0.15) is 5.75 Å². The van der Waals surface area contributed by atoms with E-state index in [-0.39, 0.29) is 16.7 Å². The van der Waals surface area contributed by atoms with Crippen molar-refractivity contribution in [1.29, 1.82) is 0 Å². The normalized spacial score (nSPS) is 12.8. The third kappa shape index (κ3) is 5.33. The molecular weight excluding hydrogens is 424 g/mol. The lowest BCUT2D eigenvalue weighted by Crippen LogP contribution is -2.30. The van der Waals surface area contributed by atoms with Gasteiger partial charge >= 0.3 is 0 Å². The number of carbonyl (C=O) groups is 1. The van der Waals surface area contributed by atoms with Gasteiger partial charge in [0.2, 0.25) is 15.9 Å². The first kappa shape index (κ1) is 24.2. The van der Waals surface area contributed by atoms with Crippen LogP contribution < -0.4 is 10.1 Å². The minimum Gasteiger partial charge on any atom is -0.495 e. The van der Waals surface area contributed by atoms with Gasteiger partial charge in [0.25, 0.3) is 0 Å². The van der Waals surface area contributed by atoms with Crippen LogP contribution in [0.1, 0.15) is 39.2 Å². The van der Waals surface area contributed by atoms with Gasteiger partial charge in [0.15, 0.2) is 0 Å². The first-order chi connectivity index (χ1) is 14.1. The molecule has 0 fully saturated rings. The molecule has 1 amide bonds. The Hall–Kier alpha value is -2.09. The van der Waals surface area contributed by atoms with Gasteiger partial charge in [-0.3, -0.25) is 4.79 Å². The SMILES string of the molecule is CCN(CC)S(=O)(=O)c1ccc(OC)c(NC(=O)[C@H](c2ccc(Cl)cc2)C(C)C)c1. The number of methoxy groups -OCH3 is 1. The van der Waals surface area contributed by atoms with Crippen LogP contribution in [-0.4, -0.2) is 38.8 Å². The highest BCUT2D eigenvalue weighted by molar-refractivity contribution is 7.89. The van der Waals surface area contributed by atoms with Crippen LogP contribution in [0, 0.1) is 5.92 Å². The molecule has 0 bridgehead atoms. The Labute approximate surface area is 184 Å². The van der Waals surface area contributed by atoms with Gasteiger partial charge in [-0.2, -0.15) is 4.31 Å². The number of sulfonamides is 1.